The second-order valence-electron chi connectivity index (χ2n) is 4.04. The number of ether oxygens (including phenoxy) is 1. The zero-order valence-corrected chi connectivity index (χ0v) is 11.4. The first-order chi connectivity index (χ1) is 9.24. The Balaban J connectivity index is 1.84. The van der Waals surface area contributed by atoms with Gasteiger partial charge in [-0.3, -0.25) is 4.79 Å². The van der Waals surface area contributed by atoms with Crippen molar-refractivity contribution in [1.82, 2.24) is 15.1 Å². The van der Waals surface area contributed by atoms with Gasteiger partial charge in [0, 0.05) is 12.1 Å². The molecule has 1 aromatic carbocycles. The monoisotopic (exact) mass is 295 g/mol. The number of nitrogens with zero attached hydrogens (tertiary/aromatic N) is 3. The normalized spacial score (nSPS) is 14.5. The van der Waals surface area contributed by atoms with Crippen LogP contribution in [0.3, 0.4) is 0 Å². The van der Waals surface area contributed by atoms with Gasteiger partial charge in [-0.1, -0.05) is 29.5 Å². The third kappa shape index (κ3) is 2.54. The first-order valence-corrected chi connectivity index (χ1v) is 6.92. The van der Waals surface area contributed by atoms with Gasteiger partial charge in [0.2, 0.25) is 9.47 Å². The summed E-state index contributed by atoms with van der Waals surface area (Å²) >= 11 is 6.79. The average molecular weight is 296 g/mol. The number of amides is 1. The predicted molar refractivity (Wildman–Crippen MR) is 71.6 cm³/mol. The standard InChI is InChI=1S/C12H10ClN3O2S/c13-12-15-14-10(19-12)11(17)16-5-6-18-9-4-2-1-3-8(9)7-16/h1-4H,5-7H2. The largest absolute Gasteiger partial charge is 0.491 e. The van der Waals surface area contributed by atoms with Crippen LogP contribution in [0.2, 0.25) is 4.47 Å². The lowest BCUT2D eigenvalue weighted by Crippen LogP contribution is -2.32. The Hall–Kier alpha value is -1.66. The van der Waals surface area contributed by atoms with Crippen LogP contribution in [0.1, 0.15) is 15.4 Å². The minimum absolute atomic E-state index is 0.162. The van der Waals surface area contributed by atoms with Crippen molar-refractivity contribution in [2.75, 3.05) is 13.2 Å². The molecule has 7 heteroatoms. The van der Waals surface area contributed by atoms with Gasteiger partial charge in [-0.05, 0) is 17.7 Å². The molecule has 0 saturated heterocycles. The maximum atomic E-state index is 12.3. The number of hydrogen-bond acceptors (Lipinski definition) is 5. The number of hydrogen-bond donors (Lipinski definition) is 0. The third-order valence-corrected chi connectivity index (χ3v) is 3.83. The van der Waals surface area contributed by atoms with Crippen molar-refractivity contribution >= 4 is 28.8 Å². The van der Waals surface area contributed by atoms with Crippen LogP contribution in [0, 0.1) is 0 Å². The van der Waals surface area contributed by atoms with E-state index in [1.165, 1.54) is 0 Å². The van der Waals surface area contributed by atoms with Gasteiger partial charge in [-0.2, -0.15) is 0 Å². The Morgan fingerprint density at radius 3 is 3.00 bits per heavy atom. The van der Waals surface area contributed by atoms with Crippen molar-refractivity contribution in [3.05, 3.63) is 39.3 Å². The number of halogens is 1. The summed E-state index contributed by atoms with van der Waals surface area (Å²) in [4.78, 5) is 14.0. The summed E-state index contributed by atoms with van der Waals surface area (Å²) in [7, 11) is 0. The van der Waals surface area contributed by atoms with E-state index >= 15 is 0 Å². The van der Waals surface area contributed by atoms with E-state index in [4.69, 9.17) is 16.3 Å². The molecule has 0 unspecified atom stereocenters. The number of fused-ring (bicyclic) bond motifs is 1. The zero-order valence-electron chi connectivity index (χ0n) is 9.88. The maximum absolute atomic E-state index is 12.3. The number of aromatic nitrogens is 2. The van der Waals surface area contributed by atoms with Crippen LogP contribution in [-0.2, 0) is 6.54 Å². The van der Waals surface area contributed by atoms with Gasteiger partial charge < -0.3 is 9.64 Å². The van der Waals surface area contributed by atoms with Crippen LogP contribution >= 0.6 is 22.9 Å². The van der Waals surface area contributed by atoms with Crippen LogP contribution < -0.4 is 4.74 Å². The van der Waals surface area contributed by atoms with E-state index in [2.05, 4.69) is 10.2 Å². The summed E-state index contributed by atoms with van der Waals surface area (Å²) in [6.45, 7) is 1.49. The van der Waals surface area contributed by atoms with Crippen LogP contribution in [0.15, 0.2) is 24.3 Å². The topological polar surface area (TPSA) is 55.3 Å². The molecule has 1 aromatic heterocycles. The molecular weight excluding hydrogens is 286 g/mol. The number of benzene rings is 1. The molecule has 0 spiro atoms. The van der Waals surface area contributed by atoms with E-state index in [1.807, 2.05) is 24.3 Å². The molecule has 1 amide bonds. The molecule has 5 nitrogen and oxygen atoms in total. The first-order valence-electron chi connectivity index (χ1n) is 5.73. The summed E-state index contributed by atoms with van der Waals surface area (Å²) in [6.07, 6.45) is 0. The predicted octanol–water partition coefficient (Wildman–Crippen LogP) is 2.23. The van der Waals surface area contributed by atoms with Crippen molar-refractivity contribution in [1.29, 1.82) is 0 Å². The van der Waals surface area contributed by atoms with Gasteiger partial charge in [0.05, 0.1) is 6.54 Å². The van der Waals surface area contributed by atoms with Crippen molar-refractivity contribution < 1.29 is 9.53 Å². The van der Waals surface area contributed by atoms with E-state index in [-0.39, 0.29) is 10.4 Å². The fraction of sp³-hybridized carbons (Fsp3) is 0.250. The summed E-state index contributed by atoms with van der Waals surface area (Å²) in [6, 6.07) is 7.71. The van der Waals surface area contributed by atoms with Crippen molar-refractivity contribution in [2.45, 2.75) is 6.54 Å². The lowest BCUT2D eigenvalue weighted by Gasteiger charge is -2.17. The van der Waals surface area contributed by atoms with Gasteiger partial charge in [0.15, 0.2) is 0 Å². The minimum Gasteiger partial charge on any atom is -0.491 e. The molecule has 2 aromatic rings. The molecular formula is C12H10ClN3O2S. The Labute approximate surface area is 118 Å². The van der Waals surface area contributed by atoms with Gasteiger partial charge in [0.25, 0.3) is 5.91 Å². The van der Waals surface area contributed by atoms with Crippen molar-refractivity contribution in [3.63, 3.8) is 0 Å². The second kappa shape index (κ2) is 5.14. The number of rotatable bonds is 1. The highest BCUT2D eigenvalue weighted by Crippen LogP contribution is 2.24. The summed E-state index contributed by atoms with van der Waals surface area (Å²) in [5, 5.41) is 7.75. The fourth-order valence-electron chi connectivity index (χ4n) is 1.93. The molecule has 0 bridgehead atoms. The van der Waals surface area contributed by atoms with E-state index in [9.17, 15) is 4.79 Å². The summed E-state index contributed by atoms with van der Waals surface area (Å²) < 4.78 is 5.89. The average Bonchev–Trinajstić information content (AvgIpc) is 2.74. The quantitative estimate of drug-likeness (QED) is 0.809. The molecule has 2 heterocycles. The molecule has 19 heavy (non-hydrogen) atoms. The lowest BCUT2D eigenvalue weighted by molar-refractivity contribution is 0.0732. The number of para-hydroxylation sites is 1. The first kappa shape index (κ1) is 12.4. The van der Waals surface area contributed by atoms with Crippen LogP contribution in [0.5, 0.6) is 5.75 Å². The third-order valence-electron chi connectivity index (χ3n) is 2.82. The molecule has 98 valence electrons. The van der Waals surface area contributed by atoms with E-state index < -0.39 is 0 Å². The molecule has 1 aliphatic rings. The highest BCUT2D eigenvalue weighted by Gasteiger charge is 2.23. The van der Waals surface area contributed by atoms with Crippen LogP contribution in [0.4, 0.5) is 0 Å². The Kier molecular flexibility index (Phi) is 3.35. The van der Waals surface area contributed by atoms with Gasteiger partial charge in [-0.25, -0.2) is 0 Å². The highest BCUT2D eigenvalue weighted by molar-refractivity contribution is 7.17. The Morgan fingerprint density at radius 2 is 2.21 bits per heavy atom. The van der Waals surface area contributed by atoms with Gasteiger partial charge >= 0.3 is 0 Å². The highest BCUT2D eigenvalue weighted by atomic mass is 35.5. The summed E-state index contributed by atoms with van der Waals surface area (Å²) in [5.41, 5.74) is 0.990. The fourth-order valence-corrected chi connectivity index (χ4v) is 2.72. The van der Waals surface area contributed by atoms with Crippen molar-refractivity contribution in [2.24, 2.45) is 0 Å². The zero-order chi connectivity index (χ0) is 13.2. The molecule has 0 radical (unpaired) electrons. The second-order valence-corrected chi connectivity index (χ2v) is 5.60. The minimum atomic E-state index is -0.162. The van der Waals surface area contributed by atoms with Gasteiger partial charge in [0.1, 0.15) is 12.4 Å². The molecule has 0 fully saturated rings. The summed E-state index contributed by atoms with van der Waals surface area (Å²) in [5.74, 6) is 0.665. The van der Waals surface area contributed by atoms with E-state index in [0.717, 1.165) is 22.6 Å². The Bertz CT molecular complexity index is 617. The maximum Gasteiger partial charge on any atom is 0.285 e. The van der Waals surface area contributed by atoms with Crippen LogP contribution in [0.25, 0.3) is 0 Å². The van der Waals surface area contributed by atoms with Crippen molar-refractivity contribution in [3.8, 4) is 5.75 Å². The van der Waals surface area contributed by atoms with E-state index in [0.29, 0.717) is 24.7 Å². The number of carbonyl (C=O) groups is 1. The van der Waals surface area contributed by atoms with Crippen LogP contribution in [-0.4, -0.2) is 34.2 Å². The molecule has 0 atom stereocenters. The number of carbonyl (C=O) groups excluding carboxylic acids is 1. The molecule has 0 aliphatic carbocycles. The van der Waals surface area contributed by atoms with E-state index in [1.54, 1.807) is 4.90 Å². The molecule has 1 aliphatic heterocycles. The Morgan fingerprint density at radius 1 is 1.37 bits per heavy atom. The molecule has 0 N–H and O–H groups in total. The lowest BCUT2D eigenvalue weighted by atomic mass is 10.2. The molecule has 0 saturated carbocycles. The molecule has 3 rings (SSSR count). The van der Waals surface area contributed by atoms with Gasteiger partial charge in [-0.15, -0.1) is 10.2 Å². The smallest absolute Gasteiger partial charge is 0.285 e. The SMILES string of the molecule is O=C(c1nnc(Cl)s1)N1CCOc2ccccc2C1.